The maximum Gasteiger partial charge on any atom is 0.418 e. The predicted molar refractivity (Wildman–Crippen MR) is 102 cm³/mol. The number of rotatable bonds is 6. The summed E-state index contributed by atoms with van der Waals surface area (Å²) in [6.45, 7) is 4.73. The van der Waals surface area contributed by atoms with Gasteiger partial charge in [0.25, 0.3) is 0 Å². The van der Waals surface area contributed by atoms with Crippen LogP contribution in [0, 0.1) is 0 Å². The van der Waals surface area contributed by atoms with Crippen molar-refractivity contribution < 1.29 is 36.2 Å². The Morgan fingerprint density at radius 2 is 1.97 bits per heavy atom. The van der Waals surface area contributed by atoms with Gasteiger partial charge in [0, 0.05) is 23.7 Å². The van der Waals surface area contributed by atoms with Gasteiger partial charge < -0.3 is 20.1 Å². The average molecular weight is 451 g/mol. The Morgan fingerprint density at radius 3 is 2.61 bits per heavy atom. The van der Waals surface area contributed by atoms with Crippen LogP contribution in [0.5, 0.6) is 5.75 Å². The third-order valence-corrected chi connectivity index (χ3v) is 5.38. The molecule has 5 nitrogen and oxygen atoms in total. The molecule has 2 unspecified atom stereocenters. The van der Waals surface area contributed by atoms with Gasteiger partial charge in [0.2, 0.25) is 0 Å². The van der Waals surface area contributed by atoms with E-state index in [1.54, 1.807) is 6.92 Å². The molecule has 2 heterocycles. The molecule has 172 valence electrons. The van der Waals surface area contributed by atoms with Gasteiger partial charge in [-0.05, 0) is 38.7 Å². The molecular weight excluding hydrogens is 428 g/mol. The minimum atomic E-state index is -4.62. The molecule has 1 aromatic carbocycles. The number of fused-ring (bicyclic) bond motifs is 1. The van der Waals surface area contributed by atoms with Crippen LogP contribution in [0.4, 0.5) is 26.3 Å². The first-order valence-corrected chi connectivity index (χ1v) is 9.67. The molecule has 1 aliphatic rings. The highest BCUT2D eigenvalue weighted by Gasteiger charge is 2.40. The molecule has 2 aromatic rings. The van der Waals surface area contributed by atoms with Gasteiger partial charge in [-0.15, -0.1) is 0 Å². The van der Waals surface area contributed by atoms with E-state index in [0.717, 1.165) is 12.4 Å². The number of nitrogens with one attached hydrogen (secondary N) is 2. The van der Waals surface area contributed by atoms with Crippen LogP contribution in [0.1, 0.15) is 38.2 Å². The van der Waals surface area contributed by atoms with Gasteiger partial charge >= 0.3 is 12.4 Å². The number of alkyl halides is 6. The van der Waals surface area contributed by atoms with Crippen LogP contribution < -0.4 is 10.1 Å². The second-order valence-electron chi connectivity index (χ2n) is 8.08. The summed E-state index contributed by atoms with van der Waals surface area (Å²) in [5.41, 5.74) is -3.27. The molecule has 1 aromatic heterocycles. The van der Waals surface area contributed by atoms with Crippen molar-refractivity contribution >= 4 is 11.0 Å². The van der Waals surface area contributed by atoms with Crippen molar-refractivity contribution in [1.29, 1.82) is 0 Å². The van der Waals surface area contributed by atoms with Gasteiger partial charge in [-0.3, -0.25) is 0 Å². The number of imidazole rings is 1. The first-order chi connectivity index (χ1) is 14.3. The van der Waals surface area contributed by atoms with E-state index >= 15 is 0 Å². The summed E-state index contributed by atoms with van der Waals surface area (Å²) in [5.74, 6) is -0.0295. The smallest absolute Gasteiger partial charge is 0.418 e. The fourth-order valence-corrected chi connectivity index (χ4v) is 3.99. The Morgan fingerprint density at radius 1 is 1.26 bits per heavy atom. The lowest BCUT2D eigenvalue weighted by Gasteiger charge is -2.41. The Balaban J connectivity index is 1.68. The molecule has 0 spiro atoms. The SMILES string of the molecule is C=C(CC[C@]1(O)CC(C)NC(COc2cc(C(F)(F)F)c3nc[nH]c3c2)C1)C(F)(F)F. The molecule has 0 aliphatic carbocycles. The molecule has 1 fully saturated rings. The second kappa shape index (κ2) is 8.34. The van der Waals surface area contributed by atoms with Crippen LogP contribution in [0.2, 0.25) is 0 Å². The molecule has 1 saturated heterocycles. The average Bonchev–Trinajstić information content (AvgIpc) is 3.10. The first kappa shape index (κ1) is 23.4. The highest BCUT2D eigenvalue weighted by atomic mass is 19.4. The van der Waals surface area contributed by atoms with Crippen molar-refractivity contribution in [3.05, 3.63) is 36.2 Å². The third kappa shape index (κ3) is 5.70. The highest BCUT2D eigenvalue weighted by molar-refractivity contribution is 5.80. The monoisotopic (exact) mass is 451 g/mol. The van der Waals surface area contributed by atoms with Gasteiger partial charge in [0.15, 0.2) is 0 Å². The normalized spacial score (nSPS) is 25.0. The van der Waals surface area contributed by atoms with Gasteiger partial charge in [-0.25, -0.2) is 4.98 Å². The zero-order valence-corrected chi connectivity index (χ0v) is 16.7. The quantitative estimate of drug-likeness (QED) is 0.439. The minimum Gasteiger partial charge on any atom is -0.492 e. The Kier molecular flexibility index (Phi) is 6.30. The highest BCUT2D eigenvalue weighted by Crippen LogP contribution is 2.37. The molecular formula is C20H23F6N3O2. The van der Waals surface area contributed by atoms with Crippen LogP contribution >= 0.6 is 0 Å². The number of halogens is 6. The number of benzene rings is 1. The van der Waals surface area contributed by atoms with Crippen LogP contribution in [-0.2, 0) is 6.18 Å². The number of aliphatic hydroxyl groups is 1. The summed E-state index contributed by atoms with van der Waals surface area (Å²) in [4.78, 5) is 6.32. The van der Waals surface area contributed by atoms with Crippen LogP contribution in [0.3, 0.4) is 0 Å². The largest absolute Gasteiger partial charge is 0.492 e. The van der Waals surface area contributed by atoms with Crippen molar-refractivity contribution in [1.82, 2.24) is 15.3 Å². The van der Waals surface area contributed by atoms with E-state index in [4.69, 9.17) is 4.74 Å². The fraction of sp³-hybridized carbons (Fsp3) is 0.550. The molecule has 31 heavy (non-hydrogen) atoms. The lowest BCUT2D eigenvalue weighted by atomic mass is 9.80. The van der Waals surface area contributed by atoms with E-state index in [-0.39, 0.29) is 48.7 Å². The number of hydrogen-bond acceptors (Lipinski definition) is 4. The molecule has 0 radical (unpaired) electrons. The van der Waals surface area contributed by atoms with E-state index in [9.17, 15) is 31.4 Å². The zero-order valence-electron chi connectivity index (χ0n) is 16.7. The zero-order chi connectivity index (χ0) is 23.0. The lowest BCUT2D eigenvalue weighted by molar-refractivity contribution is -0.136. The standard InChI is InChI=1S/C20H23F6N3O2/c1-11(19(21,22)23)3-4-18(30)7-12(2)29-13(8-18)9-31-14-5-15(20(24,25)26)17-16(6-14)27-10-28-17/h5-6,10,12-13,29-30H,1,3-4,7-9H2,2H3,(H,27,28)/t12?,13?,18-/m0/s1. The Bertz CT molecular complexity index is 939. The number of nitrogens with zero attached hydrogens (tertiary/aromatic N) is 1. The summed E-state index contributed by atoms with van der Waals surface area (Å²) in [6.07, 6.45) is -8.15. The molecule has 11 heteroatoms. The van der Waals surface area contributed by atoms with Crippen LogP contribution in [-0.4, -0.2) is 45.5 Å². The summed E-state index contributed by atoms with van der Waals surface area (Å²) in [7, 11) is 0. The Labute approximate surface area is 174 Å². The molecule has 0 amide bonds. The summed E-state index contributed by atoms with van der Waals surface area (Å²) in [6, 6.07) is 1.57. The first-order valence-electron chi connectivity index (χ1n) is 9.67. The maximum atomic E-state index is 13.3. The Hall–Kier alpha value is -2.27. The van der Waals surface area contributed by atoms with Crippen molar-refractivity contribution in [3.8, 4) is 5.75 Å². The van der Waals surface area contributed by atoms with Crippen LogP contribution in [0.15, 0.2) is 30.6 Å². The van der Waals surface area contributed by atoms with Crippen molar-refractivity contribution in [2.75, 3.05) is 6.61 Å². The molecule has 3 N–H and O–H groups in total. The van der Waals surface area contributed by atoms with E-state index < -0.39 is 41.6 Å². The molecule has 0 bridgehead atoms. The van der Waals surface area contributed by atoms with E-state index in [1.165, 1.54) is 6.07 Å². The number of ether oxygens (including phenoxy) is 1. The number of allylic oxidation sites excluding steroid dienone is 1. The minimum absolute atomic E-state index is 0.0295. The van der Waals surface area contributed by atoms with Gasteiger partial charge in [0.1, 0.15) is 17.9 Å². The number of aromatic amines is 1. The summed E-state index contributed by atoms with van der Waals surface area (Å²) < 4.78 is 83.6. The summed E-state index contributed by atoms with van der Waals surface area (Å²) in [5, 5.41) is 14.0. The fourth-order valence-electron chi connectivity index (χ4n) is 3.99. The number of hydrogen-bond donors (Lipinski definition) is 3. The number of piperidine rings is 1. The molecule has 3 rings (SSSR count). The second-order valence-corrected chi connectivity index (χ2v) is 8.08. The van der Waals surface area contributed by atoms with Crippen LogP contribution in [0.25, 0.3) is 11.0 Å². The maximum absolute atomic E-state index is 13.3. The van der Waals surface area contributed by atoms with E-state index in [1.807, 2.05) is 0 Å². The van der Waals surface area contributed by atoms with Gasteiger partial charge in [-0.1, -0.05) is 6.58 Å². The summed E-state index contributed by atoms with van der Waals surface area (Å²) >= 11 is 0. The van der Waals surface area contributed by atoms with Gasteiger partial charge in [0.05, 0.1) is 23.0 Å². The van der Waals surface area contributed by atoms with Gasteiger partial charge in [-0.2, -0.15) is 26.3 Å². The molecule has 3 atom stereocenters. The third-order valence-electron chi connectivity index (χ3n) is 5.38. The topological polar surface area (TPSA) is 70.2 Å². The van der Waals surface area contributed by atoms with Crippen molar-refractivity contribution in [2.24, 2.45) is 0 Å². The predicted octanol–water partition coefficient (Wildman–Crippen LogP) is 4.73. The number of aromatic nitrogens is 2. The molecule has 0 saturated carbocycles. The van der Waals surface area contributed by atoms with Crippen molar-refractivity contribution in [2.45, 2.75) is 62.6 Å². The van der Waals surface area contributed by atoms with E-state index in [2.05, 4.69) is 21.9 Å². The molecule has 1 aliphatic heterocycles. The number of H-pyrrole nitrogens is 1. The lowest BCUT2D eigenvalue weighted by Crippen LogP contribution is -2.54. The van der Waals surface area contributed by atoms with Crippen molar-refractivity contribution in [3.63, 3.8) is 0 Å². The van der Waals surface area contributed by atoms with E-state index in [0.29, 0.717) is 0 Å².